The average Bonchev–Trinajstić information content (AvgIpc) is 2.32. The molecule has 1 N–H and O–H groups in total. The van der Waals surface area contributed by atoms with Gasteiger partial charge in [0.15, 0.2) is 0 Å². The van der Waals surface area contributed by atoms with Crippen molar-refractivity contribution in [3.05, 3.63) is 27.2 Å². The van der Waals surface area contributed by atoms with E-state index in [9.17, 15) is 4.79 Å². The van der Waals surface area contributed by atoms with Gasteiger partial charge in [0.05, 0.1) is 5.69 Å². The maximum atomic E-state index is 11.7. The third-order valence-corrected chi connectivity index (χ3v) is 3.48. The van der Waals surface area contributed by atoms with Crippen molar-refractivity contribution < 1.29 is 9.53 Å². The number of hydrogen-bond acceptors (Lipinski definition) is 2. The first-order chi connectivity index (χ1) is 8.54. The largest absolute Gasteiger partial charge is 0.382 e. The fourth-order valence-corrected chi connectivity index (χ4v) is 2.15. The molecule has 1 rings (SSSR count). The molecule has 0 unspecified atom stereocenters. The average molecular weight is 335 g/mol. The number of halogens is 2. The SMILES string of the molecule is CCOCCCC(=O)Nc1cc(Cl)c(C)cc1Br. The molecule has 0 aliphatic rings. The van der Waals surface area contributed by atoms with Gasteiger partial charge in [0, 0.05) is 29.1 Å². The number of aryl methyl sites for hydroxylation is 1. The second-order valence-corrected chi connectivity index (χ2v) is 5.19. The molecule has 1 aromatic carbocycles. The number of anilines is 1. The van der Waals surface area contributed by atoms with Crippen LogP contribution in [0.3, 0.4) is 0 Å². The molecular weight excluding hydrogens is 318 g/mol. The quantitative estimate of drug-likeness (QED) is 0.793. The van der Waals surface area contributed by atoms with Crippen molar-refractivity contribution in [1.82, 2.24) is 0 Å². The third kappa shape index (κ3) is 4.96. The first kappa shape index (κ1) is 15.5. The normalized spacial score (nSPS) is 10.4. The predicted octanol–water partition coefficient (Wildman–Crippen LogP) is 4.17. The van der Waals surface area contributed by atoms with E-state index in [2.05, 4.69) is 21.2 Å². The van der Waals surface area contributed by atoms with Crippen LogP contribution in [0, 0.1) is 6.92 Å². The third-order valence-electron chi connectivity index (χ3n) is 2.42. The van der Waals surface area contributed by atoms with Crippen LogP contribution < -0.4 is 5.32 Å². The summed E-state index contributed by atoms with van der Waals surface area (Å²) in [5.41, 5.74) is 1.67. The number of hydrogen-bond donors (Lipinski definition) is 1. The van der Waals surface area contributed by atoms with E-state index in [4.69, 9.17) is 16.3 Å². The van der Waals surface area contributed by atoms with Crippen molar-refractivity contribution in [2.45, 2.75) is 26.7 Å². The van der Waals surface area contributed by atoms with Crippen LogP contribution in [0.25, 0.3) is 0 Å². The maximum Gasteiger partial charge on any atom is 0.224 e. The molecule has 0 radical (unpaired) electrons. The Balaban J connectivity index is 2.51. The number of rotatable bonds is 6. The molecule has 5 heteroatoms. The Labute approximate surface area is 121 Å². The number of benzene rings is 1. The highest BCUT2D eigenvalue weighted by Gasteiger charge is 2.08. The molecule has 18 heavy (non-hydrogen) atoms. The van der Waals surface area contributed by atoms with Crippen LogP contribution in [0.1, 0.15) is 25.3 Å². The van der Waals surface area contributed by atoms with Gasteiger partial charge in [0.2, 0.25) is 5.91 Å². The van der Waals surface area contributed by atoms with E-state index >= 15 is 0 Å². The Morgan fingerprint density at radius 1 is 1.50 bits per heavy atom. The maximum absolute atomic E-state index is 11.7. The number of amides is 1. The number of carbonyl (C=O) groups is 1. The summed E-state index contributed by atoms with van der Waals surface area (Å²) < 4.78 is 6.02. The van der Waals surface area contributed by atoms with Gasteiger partial charge in [-0.25, -0.2) is 0 Å². The van der Waals surface area contributed by atoms with Crippen molar-refractivity contribution in [3.8, 4) is 0 Å². The van der Waals surface area contributed by atoms with Gasteiger partial charge >= 0.3 is 0 Å². The summed E-state index contributed by atoms with van der Waals surface area (Å²) in [6.45, 7) is 5.15. The molecule has 3 nitrogen and oxygen atoms in total. The van der Waals surface area contributed by atoms with Crippen LogP contribution in [-0.2, 0) is 9.53 Å². The molecule has 0 heterocycles. The Morgan fingerprint density at radius 2 is 2.22 bits per heavy atom. The second-order valence-electron chi connectivity index (χ2n) is 3.93. The Hall–Kier alpha value is -0.580. The van der Waals surface area contributed by atoms with Crippen LogP contribution in [0.2, 0.25) is 5.02 Å². The molecule has 0 aromatic heterocycles. The summed E-state index contributed by atoms with van der Waals surface area (Å²) in [4.78, 5) is 11.7. The van der Waals surface area contributed by atoms with Gasteiger partial charge in [-0.05, 0) is 53.9 Å². The molecule has 0 atom stereocenters. The molecule has 1 aromatic rings. The highest BCUT2D eigenvalue weighted by atomic mass is 79.9. The van der Waals surface area contributed by atoms with E-state index < -0.39 is 0 Å². The lowest BCUT2D eigenvalue weighted by Gasteiger charge is -2.09. The molecule has 0 fully saturated rings. The van der Waals surface area contributed by atoms with Gasteiger partial charge in [0.25, 0.3) is 0 Å². The zero-order valence-corrected chi connectivity index (χ0v) is 12.9. The highest BCUT2D eigenvalue weighted by molar-refractivity contribution is 9.10. The molecular formula is C13H17BrClNO2. The van der Waals surface area contributed by atoms with Crippen LogP contribution >= 0.6 is 27.5 Å². The number of carbonyl (C=O) groups excluding carboxylic acids is 1. The van der Waals surface area contributed by atoms with E-state index in [0.29, 0.717) is 30.3 Å². The standard InChI is InChI=1S/C13H17BrClNO2/c1-3-18-6-4-5-13(17)16-12-8-11(15)9(2)7-10(12)14/h7-8H,3-6H2,1-2H3,(H,16,17). The fourth-order valence-electron chi connectivity index (χ4n) is 1.43. The van der Waals surface area contributed by atoms with Gasteiger partial charge in [-0.15, -0.1) is 0 Å². The van der Waals surface area contributed by atoms with E-state index in [1.54, 1.807) is 6.07 Å². The molecule has 0 aliphatic heterocycles. The molecule has 0 saturated heterocycles. The minimum Gasteiger partial charge on any atom is -0.382 e. The van der Waals surface area contributed by atoms with Gasteiger partial charge in [-0.2, -0.15) is 0 Å². The smallest absolute Gasteiger partial charge is 0.224 e. The minimum absolute atomic E-state index is 0.0321. The zero-order chi connectivity index (χ0) is 13.5. The van der Waals surface area contributed by atoms with Gasteiger partial charge in [-0.3, -0.25) is 4.79 Å². The Bertz CT molecular complexity index is 424. The summed E-state index contributed by atoms with van der Waals surface area (Å²) >= 11 is 9.43. The molecule has 100 valence electrons. The predicted molar refractivity (Wildman–Crippen MR) is 78.2 cm³/mol. The topological polar surface area (TPSA) is 38.3 Å². The number of nitrogens with one attached hydrogen (secondary N) is 1. The first-order valence-electron chi connectivity index (χ1n) is 5.87. The monoisotopic (exact) mass is 333 g/mol. The van der Waals surface area contributed by atoms with Gasteiger partial charge in [0.1, 0.15) is 0 Å². The van der Waals surface area contributed by atoms with Crippen molar-refractivity contribution in [1.29, 1.82) is 0 Å². The zero-order valence-electron chi connectivity index (χ0n) is 10.6. The molecule has 1 amide bonds. The molecule has 0 saturated carbocycles. The van der Waals surface area contributed by atoms with Crippen LogP contribution in [-0.4, -0.2) is 19.1 Å². The second kappa shape index (κ2) is 7.77. The van der Waals surface area contributed by atoms with Gasteiger partial charge < -0.3 is 10.1 Å². The highest BCUT2D eigenvalue weighted by Crippen LogP contribution is 2.29. The van der Waals surface area contributed by atoms with Crippen LogP contribution in [0.15, 0.2) is 16.6 Å². The summed E-state index contributed by atoms with van der Waals surface area (Å²) in [5.74, 6) is -0.0321. The van der Waals surface area contributed by atoms with Crippen molar-refractivity contribution in [2.75, 3.05) is 18.5 Å². The van der Waals surface area contributed by atoms with Crippen molar-refractivity contribution >= 4 is 39.1 Å². The Kier molecular flexibility index (Phi) is 6.68. The van der Waals surface area contributed by atoms with E-state index in [1.807, 2.05) is 19.9 Å². The van der Waals surface area contributed by atoms with Crippen LogP contribution in [0.5, 0.6) is 0 Å². The van der Waals surface area contributed by atoms with E-state index in [0.717, 1.165) is 16.5 Å². The summed E-state index contributed by atoms with van der Waals surface area (Å²) in [7, 11) is 0. The minimum atomic E-state index is -0.0321. The van der Waals surface area contributed by atoms with E-state index in [1.165, 1.54) is 0 Å². The molecule has 0 spiro atoms. The molecule has 0 aliphatic carbocycles. The van der Waals surface area contributed by atoms with Crippen LogP contribution in [0.4, 0.5) is 5.69 Å². The lowest BCUT2D eigenvalue weighted by atomic mass is 10.2. The fraction of sp³-hybridized carbons (Fsp3) is 0.462. The van der Waals surface area contributed by atoms with Crippen molar-refractivity contribution in [2.24, 2.45) is 0 Å². The summed E-state index contributed by atoms with van der Waals surface area (Å²) in [5, 5.41) is 3.47. The van der Waals surface area contributed by atoms with E-state index in [-0.39, 0.29) is 5.91 Å². The number of ether oxygens (including phenoxy) is 1. The molecule has 0 bridgehead atoms. The first-order valence-corrected chi connectivity index (χ1v) is 7.05. The lowest BCUT2D eigenvalue weighted by Crippen LogP contribution is -2.12. The Morgan fingerprint density at radius 3 is 2.89 bits per heavy atom. The van der Waals surface area contributed by atoms with Gasteiger partial charge in [-0.1, -0.05) is 11.6 Å². The van der Waals surface area contributed by atoms with Crippen molar-refractivity contribution in [3.63, 3.8) is 0 Å². The lowest BCUT2D eigenvalue weighted by molar-refractivity contribution is -0.116. The summed E-state index contributed by atoms with van der Waals surface area (Å²) in [6.07, 6.45) is 1.16. The summed E-state index contributed by atoms with van der Waals surface area (Å²) in [6, 6.07) is 3.64.